The van der Waals surface area contributed by atoms with E-state index in [1.807, 2.05) is 0 Å². The molecule has 0 bridgehead atoms. The highest BCUT2D eigenvalue weighted by molar-refractivity contribution is 5.85. The van der Waals surface area contributed by atoms with Crippen LogP contribution < -0.4 is 5.32 Å². The number of carboxylic acids is 1. The molecule has 16 heavy (non-hydrogen) atoms. The Hall–Kier alpha value is -2.37. The van der Waals surface area contributed by atoms with Crippen LogP contribution in [0.3, 0.4) is 0 Å². The van der Waals surface area contributed by atoms with Gasteiger partial charge in [0.2, 0.25) is 0 Å². The third-order valence-corrected chi connectivity index (χ3v) is 1.58. The van der Waals surface area contributed by atoms with Gasteiger partial charge in [0.05, 0.1) is 12.8 Å². The maximum atomic E-state index is 10.9. The van der Waals surface area contributed by atoms with Crippen LogP contribution >= 0.6 is 0 Å². The minimum Gasteiger partial charge on any atom is -0.478 e. The number of amides is 1. The first kappa shape index (κ1) is 11.7. The highest BCUT2D eigenvalue weighted by Gasteiger charge is 2.01. The smallest absolute Gasteiger partial charge is 0.412 e. The SMILES string of the molecule is COC(=O)Nc1cccc(C=CC(=O)O)n1. The fraction of sp³-hybridized carbons (Fsp3) is 0.100. The molecule has 0 fully saturated rings. The summed E-state index contributed by atoms with van der Waals surface area (Å²) in [6.07, 6.45) is 1.65. The first-order valence-corrected chi connectivity index (χ1v) is 4.35. The molecule has 0 saturated heterocycles. The number of nitrogens with zero attached hydrogens (tertiary/aromatic N) is 1. The number of ether oxygens (including phenoxy) is 1. The molecule has 0 aliphatic rings. The molecule has 1 aromatic heterocycles. The number of methoxy groups -OCH3 is 1. The lowest BCUT2D eigenvalue weighted by Gasteiger charge is -2.02. The second kappa shape index (κ2) is 5.50. The summed E-state index contributed by atoms with van der Waals surface area (Å²) in [5.41, 5.74) is 0.427. The monoisotopic (exact) mass is 222 g/mol. The van der Waals surface area contributed by atoms with Gasteiger partial charge in [0.25, 0.3) is 0 Å². The summed E-state index contributed by atoms with van der Waals surface area (Å²) in [5.74, 6) is -0.771. The summed E-state index contributed by atoms with van der Waals surface area (Å²) >= 11 is 0. The fourth-order valence-corrected chi connectivity index (χ4v) is 0.926. The lowest BCUT2D eigenvalue weighted by molar-refractivity contribution is -0.131. The lowest BCUT2D eigenvalue weighted by Crippen LogP contribution is -2.12. The van der Waals surface area contributed by atoms with Crippen LogP contribution in [0.1, 0.15) is 5.69 Å². The first-order chi connectivity index (χ1) is 7.61. The lowest BCUT2D eigenvalue weighted by atomic mass is 10.3. The van der Waals surface area contributed by atoms with Crippen LogP contribution in [0.15, 0.2) is 24.3 Å². The summed E-state index contributed by atoms with van der Waals surface area (Å²) in [5, 5.41) is 10.8. The van der Waals surface area contributed by atoms with Gasteiger partial charge in [0, 0.05) is 6.08 Å². The molecule has 0 radical (unpaired) electrons. The summed E-state index contributed by atoms with van der Waals surface area (Å²) in [7, 11) is 1.24. The number of pyridine rings is 1. The van der Waals surface area contributed by atoms with Gasteiger partial charge in [0.15, 0.2) is 0 Å². The largest absolute Gasteiger partial charge is 0.478 e. The van der Waals surface area contributed by atoms with E-state index in [0.29, 0.717) is 11.5 Å². The minimum atomic E-state index is -1.06. The van der Waals surface area contributed by atoms with Crippen molar-refractivity contribution < 1.29 is 19.4 Å². The van der Waals surface area contributed by atoms with Gasteiger partial charge in [-0.2, -0.15) is 0 Å². The molecule has 6 nitrogen and oxygen atoms in total. The maximum Gasteiger partial charge on any atom is 0.412 e. The third kappa shape index (κ3) is 3.79. The molecule has 0 atom stereocenters. The van der Waals surface area contributed by atoms with Crippen LogP contribution in [0.4, 0.5) is 10.6 Å². The summed E-state index contributed by atoms with van der Waals surface area (Å²) in [4.78, 5) is 25.1. The number of hydrogen-bond acceptors (Lipinski definition) is 4. The molecule has 1 heterocycles. The van der Waals surface area contributed by atoms with E-state index in [4.69, 9.17) is 5.11 Å². The predicted molar refractivity (Wildman–Crippen MR) is 56.9 cm³/mol. The quantitative estimate of drug-likeness (QED) is 0.754. The van der Waals surface area contributed by atoms with E-state index in [1.165, 1.54) is 13.2 Å². The zero-order valence-corrected chi connectivity index (χ0v) is 8.51. The second-order valence-electron chi connectivity index (χ2n) is 2.74. The van der Waals surface area contributed by atoms with Crippen LogP contribution in [-0.2, 0) is 9.53 Å². The van der Waals surface area contributed by atoms with Crippen LogP contribution in [0.5, 0.6) is 0 Å². The number of aromatic nitrogens is 1. The van der Waals surface area contributed by atoms with Gasteiger partial charge in [-0.25, -0.2) is 14.6 Å². The van der Waals surface area contributed by atoms with E-state index in [1.54, 1.807) is 18.2 Å². The molecule has 2 N–H and O–H groups in total. The van der Waals surface area contributed by atoms with Crippen LogP contribution in [-0.4, -0.2) is 29.3 Å². The number of anilines is 1. The standard InChI is InChI=1S/C10H10N2O4/c1-16-10(15)12-8-4-2-3-7(11-8)5-6-9(13)14/h2-6H,1H3,(H,13,14)(H,11,12,15). The molecule has 0 aliphatic heterocycles. The molecule has 0 aliphatic carbocycles. The van der Waals surface area contributed by atoms with Gasteiger partial charge in [-0.15, -0.1) is 0 Å². The van der Waals surface area contributed by atoms with Gasteiger partial charge < -0.3 is 9.84 Å². The topological polar surface area (TPSA) is 88.5 Å². The Morgan fingerprint density at radius 3 is 2.88 bits per heavy atom. The number of hydrogen-bond donors (Lipinski definition) is 2. The Morgan fingerprint density at radius 2 is 2.25 bits per heavy atom. The Kier molecular flexibility index (Phi) is 4.02. The molecule has 6 heteroatoms. The normalized spacial score (nSPS) is 10.1. The Labute approximate surface area is 91.6 Å². The Bertz CT molecular complexity index is 429. The van der Waals surface area contributed by atoms with Crippen molar-refractivity contribution in [1.29, 1.82) is 0 Å². The van der Waals surface area contributed by atoms with E-state index in [2.05, 4.69) is 15.0 Å². The average Bonchev–Trinajstić information content (AvgIpc) is 2.26. The fourth-order valence-electron chi connectivity index (χ4n) is 0.926. The molecule has 0 saturated carbocycles. The zero-order chi connectivity index (χ0) is 12.0. The van der Waals surface area contributed by atoms with E-state index in [-0.39, 0.29) is 0 Å². The highest BCUT2D eigenvalue weighted by Crippen LogP contribution is 2.06. The van der Waals surface area contributed by atoms with Crippen molar-refractivity contribution in [3.8, 4) is 0 Å². The van der Waals surface area contributed by atoms with Gasteiger partial charge in [-0.1, -0.05) is 6.07 Å². The second-order valence-corrected chi connectivity index (χ2v) is 2.74. The summed E-state index contributed by atoms with van der Waals surface area (Å²) in [6.45, 7) is 0. The summed E-state index contributed by atoms with van der Waals surface area (Å²) < 4.78 is 4.39. The molecule has 84 valence electrons. The van der Waals surface area contributed by atoms with E-state index < -0.39 is 12.1 Å². The number of carbonyl (C=O) groups excluding carboxylic acids is 1. The van der Waals surface area contributed by atoms with Crippen molar-refractivity contribution in [3.05, 3.63) is 30.0 Å². The molecule has 0 aromatic carbocycles. The van der Waals surface area contributed by atoms with E-state index in [0.717, 1.165) is 6.08 Å². The van der Waals surface area contributed by atoms with Crippen molar-refractivity contribution in [2.75, 3.05) is 12.4 Å². The van der Waals surface area contributed by atoms with Crippen LogP contribution in [0, 0.1) is 0 Å². The van der Waals surface area contributed by atoms with Gasteiger partial charge >= 0.3 is 12.1 Å². The van der Waals surface area contributed by atoms with Crippen molar-refractivity contribution >= 4 is 24.0 Å². The number of nitrogens with one attached hydrogen (secondary N) is 1. The highest BCUT2D eigenvalue weighted by atomic mass is 16.5. The van der Waals surface area contributed by atoms with Crippen molar-refractivity contribution in [1.82, 2.24) is 4.98 Å². The summed E-state index contributed by atoms with van der Waals surface area (Å²) in [6, 6.07) is 4.82. The Balaban J connectivity index is 2.78. The first-order valence-electron chi connectivity index (χ1n) is 4.35. The van der Waals surface area contributed by atoms with Gasteiger partial charge in [0.1, 0.15) is 5.82 Å². The van der Waals surface area contributed by atoms with Crippen LogP contribution in [0.2, 0.25) is 0 Å². The Morgan fingerprint density at radius 1 is 1.50 bits per heavy atom. The van der Waals surface area contributed by atoms with Crippen LogP contribution in [0.25, 0.3) is 6.08 Å². The number of aliphatic carboxylic acids is 1. The van der Waals surface area contributed by atoms with Gasteiger partial charge in [-0.05, 0) is 18.2 Å². The maximum absolute atomic E-state index is 10.9. The minimum absolute atomic E-state index is 0.291. The van der Waals surface area contributed by atoms with Gasteiger partial charge in [-0.3, -0.25) is 5.32 Å². The van der Waals surface area contributed by atoms with Crippen molar-refractivity contribution in [2.24, 2.45) is 0 Å². The van der Waals surface area contributed by atoms with Crippen molar-refractivity contribution in [3.63, 3.8) is 0 Å². The third-order valence-electron chi connectivity index (χ3n) is 1.58. The molecule has 0 spiro atoms. The average molecular weight is 222 g/mol. The molecular weight excluding hydrogens is 212 g/mol. The number of carbonyl (C=O) groups is 2. The van der Waals surface area contributed by atoms with Crippen molar-refractivity contribution in [2.45, 2.75) is 0 Å². The van der Waals surface area contributed by atoms with E-state index >= 15 is 0 Å². The molecule has 1 aromatic rings. The predicted octanol–water partition coefficient (Wildman–Crippen LogP) is 1.36. The molecule has 1 amide bonds. The molecular formula is C10H10N2O4. The molecule has 0 unspecified atom stereocenters. The number of rotatable bonds is 3. The van der Waals surface area contributed by atoms with E-state index in [9.17, 15) is 9.59 Å². The molecule has 1 rings (SSSR count). The zero-order valence-electron chi connectivity index (χ0n) is 8.51. The number of carboxylic acid groups (broad SMARTS) is 1.